The lowest BCUT2D eigenvalue weighted by Crippen LogP contribution is -2.35. The topological polar surface area (TPSA) is 12.0 Å². The van der Waals surface area contributed by atoms with E-state index in [-0.39, 0.29) is 0 Å². The predicted octanol–water partition coefficient (Wildman–Crippen LogP) is 4.75. The summed E-state index contributed by atoms with van der Waals surface area (Å²) in [6.07, 6.45) is 1.17. The average Bonchev–Trinajstić information content (AvgIpc) is 2.30. The van der Waals surface area contributed by atoms with Gasteiger partial charge >= 0.3 is 0 Å². The van der Waals surface area contributed by atoms with E-state index in [1.807, 2.05) is 0 Å². The van der Waals surface area contributed by atoms with Gasteiger partial charge in [-0.15, -0.1) is 0 Å². The Hall–Kier alpha value is -0.820. The zero-order valence-electron chi connectivity index (χ0n) is 14.5. The van der Waals surface area contributed by atoms with Gasteiger partial charge in [-0.3, -0.25) is 0 Å². The van der Waals surface area contributed by atoms with Crippen LogP contribution in [0.1, 0.15) is 51.3 Å². The van der Waals surface area contributed by atoms with E-state index >= 15 is 0 Å². The molecule has 0 heterocycles. The van der Waals surface area contributed by atoms with E-state index in [9.17, 15) is 0 Å². The molecule has 1 N–H and O–H groups in total. The molecule has 0 aliphatic carbocycles. The zero-order chi connectivity index (χ0) is 15.3. The van der Waals surface area contributed by atoms with Gasteiger partial charge in [0.25, 0.3) is 0 Å². The van der Waals surface area contributed by atoms with E-state index in [1.165, 1.54) is 23.1 Å². The second-order valence-corrected chi connectivity index (χ2v) is 7.75. The molecule has 0 aromatic heterocycles. The Bertz CT molecular complexity index is 412. The summed E-state index contributed by atoms with van der Waals surface area (Å²) >= 11 is 0. The summed E-state index contributed by atoms with van der Waals surface area (Å²) in [7, 11) is 0. The summed E-state index contributed by atoms with van der Waals surface area (Å²) in [5.74, 6) is 1.39. The first-order valence-corrected chi connectivity index (χ1v) is 7.97. The molecule has 0 fully saturated rings. The van der Waals surface area contributed by atoms with Gasteiger partial charge in [0, 0.05) is 0 Å². The lowest BCUT2D eigenvalue weighted by atomic mass is 9.76. The highest BCUT2D eigenvalue weighted by Crippen LogP contribution is 2.29. The molecule has 1 unspecified atom stereocenters. The maximum Gasteiger partial charge on any atom is -0.00122 e. The van der Waals surface area contributed by atoms with Crippen molar-refractivity contribution in [2.45, 2.75) is 54.9 Å². The van der Waals surface area contributed by atoms with Crippen molar-refractivity contribution in [2.75, 3.05) is 13.1 Å². The van der Waals surface area contributed by atoms with Crippen molar-refractivity contribution in [3.05, 3.63) is 34.9 Å². The van der Waals surface area contributed by atoms with Crippen LogP contribution in [0.15, 0.2) is 18.2 Å². The van der Waals surface area contributed by atoms with Gasteiger partial charge in [-0.05, 0) is 61.7 Å². The lowest BCUT2D eigenvalue weighted by Gasteiger charge is -2.32. The van der Waals surface area contributed by atoms with Crippen LogP contribution < -0.4 is 5.32 Å². The maximum absolute atomic E-state index is 3.65. The molecule has 0 amide bonds. The number of nitrogens with one attached hydrogen (secondary N) is 1. The Labute approximate surface area is 126 Å². The predicted molar refractivity (Wildman–Crippen MR) is 90.3 cm³/mol. The standard InChI is InChI=1S/C19H33N/c1-14(2)12-20-13-18(19(5,6)7)11-17-10-15(3)8-9-16(17)4/h8-10,14,18,20H,11-13H2,1-7H3. The van der Waals surface area contributed by atoms with Crippen LogP contribution in [0, 0.1) is 31.1 Å². The summed E-state index contributed by atoms with van der Waals surface area (Å²) in [6.45, 7) is 18.3. The highest BCUT2D eigenvalue weighted by molar-refractivity contribution is 5.31. The largest absolute Gasteiger partial charge is 0.316 e. The van der Waals surface area contributed by atoms with Gasteiger partial charge in [0.05, 0.1) is 0 Å². The smallest absolute Gasteiger partial charge is 0.00122 e. The Balaban J connectivity index is 2.76. The van der Waals surface area contributed by atoms with E-state index in [0.717, 1.165) is 19.0 Å². The van der Waals surface area contributed by atoms with Gasteiger partial charge in [0.15, 0.2) is 0 Å². The van der Waals surface area contributed by atoms with Crippen molar-refractivity contribution in [2.24, 2.45) is 17.3 Å². The molecule has 0 radical (unpaired) electrons. The molecule has 0 spiro atoms. The molecular formula is C19H33N. The molecule has 1 aromatic carbocycles. The molecule has 1 heteroatoms. The first-order valence-electron chi connectivity index (χ1n) is 7.97. The summed E-state index contributed by atoms with van der Waals surface area (Å²) in [4.78, 5) is 0. The molecule has 20 heavy (non-hydrogen) atoms. The highest BCUT2D eigenvalue weighted by Gasteiger charge is 2.25. The third-order valence-corrected chi connectivity index (χ3v) is 4.14. The molecule has 0 saturated heterocycles. The molecule has 0 aliphatic rings. The monoisotopic (exact) mass is 275 g/mol. The first kappa shape index (κ1) is 17.2. The molecule has 0 saturated carbocycles. The van der Waals surface area contributed by atoms with E-state index in [2.05, 4.69) is 72.0 Å². The molecule has 1 nitrogen and oxygen atoms in total. The fraction of sp³-hybridized carbons (Fsp3) is 0.684. The first-order chi connectivity index (χ1) is 9.20. The van der Waals surface area contributed by atoms with Crippen molar-refractivity contribution < 1.29 is 0 Å². The highest BCUT2D eigenvalue weighted by atomic mass is 14.9. The van der Waals surface area contributed by atoms with E-state index < -0.39 is 0 Å². The van der Waals surface area contributed by atoms with Gasteiger partial charge in [-0.1, -0.05) is 58.4 Å². The van der Waals surface area contributed by atoms with Gasteiger partial charge in [-0.25, -0.2) is 0 Å². The SMILES string of the molecule is Cc1ccc(C)c(CC(CNCC(C)C)C(C)(C)C)c1. The molecule has 0 aliphatic heterocycles. The van der Waals surface area contributed by atoms with E-state index in [0.29, 0.717) is 11.3 Å². The molecule has 0 bridgehead atoms. The normalized spacial score (nSPS) is 13.8. The fourth-order valence-electron chi connectivity index (χ4n) is 2.52. The second kappa shape index (κ2) is 7.26. The third kappa shape index (κ3) is 5.66. The van der Waals surface area contributed by atoms with Crippen LogP contribution in [0.3, 0.4) is 0 Å². The van der Waals surface area contributed by atoms with E-state index in [1.54, 1.807) is 0 Å². The molecule has 1 atom stereocenters. The van der Waals surface area contributed by atoms with Crippen LogP contribution in [0.25, 0.3) is 0 Å². The summed E-state index contributed by atoms with van der Waals surface area (Å²) in [5, 5.41) is 3.65. The van der Waals surface area contributed by atoms with E-state index in [4.69, 9.17) is 0 Å². The minimum Gasteiger partial charge on any atom is -0.316 e. The Morgan fingerprint density at radius 1 is 1.05 bits per heavy atom. The zero-order valence-corrected chi connectivity index (χ0v) is 14.5. The van der Waals surface area contributed by atoms with Crippen molar-refractivity contribution in [1.82, 2.24) is 5.32 Å². The molecule has 1 aromatic rings. The Morgan fingerprint density at radius 3 is 2.25 bits per heavy atom. The maximum atomic E-state index is 3.65. The van der Waals surface area contributed by atoms with Crippen LogP contribution in [0.2, 0.25) is 0 Å². The molecular weight excluding hydrogens is 242 g/mol. The van der Waals surface area contributed by atoms with Crippen LogP contribution >= 0.6 is 0 Å². The second-order valence-electron chi connectivity index (χ2n) is 7.75. The van der Waals surface area contributed by atoms with Gasteiger partial charge in [0.2, 0.25) is 0 Å². The number of benzene rings is 1. The summed E-state index contributed by atoms with van der Waals surface area (Å²) in [5.41, 5.74) is 4.64. The van der Waals surface area contributed by atoms with Gasteiger partial charge in [0.1, 0.15) is 0 Å². The van der Waals surface area contributed by atoms with Crippen LogP contribution in [-0.4, -0.2) is 13.1 Å². The number of rotatable bonds is 6. The number of hydrogen-bond acceptors (Lipinski definition) is 1. The van der Waals surface area contributed by atoms with Crippen molar-refractivity contribution in [3.8, 4) is 0 Å². The third-order valence-electron chi connectivity index (χ3n) is 4.14. The van der Waals surface area contributed by atoms with Crippen LogP contribution in [-0.2, 0) is 6.42 Å². The quantitative estimate of drug-likeness (QED) is 0.789. The fourth-order valence-corrected chi connectivity index (χ4v) is 2.52. The van der Waals surface area contributed by atoms with Crippen molar-refractivity contribution in [3.63, 3.8) is 0 Å². The van der Waals surface area contributed by atoms with Gasteiger partial charge < -0.3 is 5.32 Å². The average molecular weight is 275 g/mol. The van der Waals surface area contributed by atoms with Gasteiger partial charge in [-0.2, -0.15) is 0 Å². The molecule has 1 rings (SSSR count). The lowest BCUT2D eigenvalue weighted by molar-refractivity contribution is 0.228. The van der Waals surface area contributed by atoms with Crippen molar-refractivity contribution in [1.29, 1.82) is 0 Å². The minimum atomic E-state index is 0.333. The number of hydrogen-bond donors (Lipinski definition) is 1. The Kier molecular flexibility index (Phi) is 6.26. The Morgan fingerprint density at radius 2 is 1.70 bits per heavy atom. The molecule has 114 valence electrons. The van der Waals surface area contributed by atoms with Crippen LogP contribution in [0.4, 0.5) is 0 Å². The minimum absolute atomic E-state index is 0.333. The van der Waals surface area contributed by atoms with Crippen LogP contribution in [0.5, 0.6) is 0 Å². The van der Waals surface area contributed by atoms with Crippen molar-refractivity contribution >= 4 is 0 Å². The number of aryl methyl sites for hydroxylation is 2. The summed E-state index contributed by atoms with van der Waals surface area (Å²) in [6, 6.07) is 6.82. The summed E-state index contributed by atoms with van der Waals surface area (Å²) < 4.78 is 0.